The van der Waals surface area contributed by atoms with Crippen LogP contribution >= 0.6 is 0 Å². The molecule has 3 heteroatoms. The van der Waals surface area contributed by atoms with Crippen molar-refractivity contribution < 1.29 is 13.2 Å². The molecule has 0 N–H and O–H groups in total. The molecule has 14 heavy (non-hydrogen) atoms. The number of hydrogen-bond acceptors (Lipinski definition) is 0. The zero-order valence-electron chi connectivity index (χ0n) is 8.58. The van der Waals surface area contributed by atoms with Gasteiger partial charge in [0.1, 0.15) is 0 Å². The number of alkyl halides is 3. The fourth-order valence-electron chi connectivity index (χ4n) is 1.89. The van der Waals surface area contributed by atoms with Gasteiger partial charge in [0.25, 0.3) is 0 Å². The Balaban J connectivity index is 1.80. The average molecular weight is 208 g/mol. The molecule has 1 fully saturated rings. The van der Waals surface area contributed by atoms with E-state index in [4.69, 9.17) is 0 Å². The van der Waals surface area contributed by atoms with Crippen molar-refractivity contribution in [2.75, 3.05) is 0 Å². The molecule has 0 unspecified atom stereocenters. The summed E-state index contributed by atoms with van der Waals surface area (Å²) in [7, 11) is 0. The van der Waals surface area contributed by atoms with Crippen molar-refractivity contribution in [3.8, 4) is 0 Å². The Morgan fingerprint density at radius 1 is 0.929 bits per heavy atom. The van der Waals surface area contributed by atoms with Gasteiger partial charge in [-0.15, -0.1) is 0 Å². The summed E-state index contributed by atoms with van der Waals surface area (Å²) < 4.78 is 35.3. The van der Waals surface area contributed by atoms with E-state index in [0.717, 1.165) is 25.2 Å². The fraction of sp³-hybridized carbons (Fsp3) is 1.00. The molecule has 1 rings (SSSR count). The molecule has 1 aliphatic rings. The van der Waals surface area contributed by atoms with Gasteiger partial charge >= 0.3 is 6.18 Å². The monoisotopic (exact) mass is 208 g/mol. The van der Waals surface area contributed by atoms with Gasteiger partial charge < -0.3 is 0 Å². The summed E-state index contributed by atoms with van der Waals surface area (Å²) in [6, 6.07) is 0. The highest BCUT2D eigenvalue weighted by Gasteiger charge is 2.25. The molecule has 84 valence electrons. The predicted molar refractivity (Wildman–Crippen MR) is 51.1 cm³/mol. The van der Waals surface area contributed by atoms with E-state index in [1.165, 1.54) is 25.7 Å². The highest BCUT2D eigenvalue weighted by molar-refractivity contribution is 4.69. The molecule has 0 aromatic rings. The highest BCUT2D eigenvalue weighted by Crippen LogP contribution is 2.31. The SMILES string of the molecule is FC(F)(F)CCCCCCC1CCC1. The maximum absolute atomic E-state index is 11.8. The van der Waals surface area contributed by atoms with E-state index < -0.39 is 12.6 Å². The molecule has 0 spiro atoms. The Morgan fingerprint density at radius 3 is 2.07 bits per heavy atom. The van der Waals surface area contributed by atoms with E-state index in [-0.39, 0.29) is 0 Å². The molecule has 0 radical (unpaired) electrons. The van der Waals surface area contributed by atoms with Gasteiger partial charge in [0.05, 0.1) is 0 Å². The van der Waals surface area contributed by atoms with Crippen LogP contribution in [0.1, 0.15) is 57.8 Å². The Hall–Kier alpha value is -0.210. The molecule has 0 aromatic carbocycles. The second kappa shape index (κ2) is 5.62. The second-order valence-corrected chi connectivity index (χ2v) is 4.36. The molecule has 0 bridgehead atoms. The molecule has 0 saturated heterocycles. The quantitative estimate of drug-likeness (QED) is 0.555. The number of halogens is 3. The lowest BCUT2D eigenvalue weighted by molar-refractivity contribution is -0.135. The van der Waals surface area contributed by atoms with Gasteiger partial charge in [-0.1, -0.05) is 44.9 Å². The second-order valence-electron chi connectivity index (χ2n) is 4.36. The van der Waals surface area contributed by atoms with Gasteiger partial charge in [-0.05, 0) is 12.3 Å². The third-order valence-corrected chi connectivity index (χ3v) is 3.05. The van der Waals surface area contributed by atoms with Crippen molar-refractivity contribution in [2.24, 2.45) is 5.92 Å². The summed E-state index contributed by atoms with van der Waals surface area (Å²) >= 11 is 0. The third-order valence-electron chi connectivity index (χ3n) is 3.05. The summed E-state index contributed by atoms with van der Waals surface area (Å²) in [5.41, 5.74) is 0. The van der Waals surface area contributed by atoms with Crippen LogP contribution < -0.4 is 0 Å². The summed E-state index contributed by atoms with van der Waals surface area (Å²) in [6.07, 6.45) is 3.91. The molecule has 0 nitrogen and oxygen atoms in total. The zero-order valence-corrected chi connectivity index (χ0v) is 8.58. The molecule has 1 saturated carbocycles. The van der Waals surface area contributed by atoms with Crippen LogP contribution in [0.25, 0.3) is 0 Å². The lowest BCUT2D eigenvalue weighted by atomic mass is 9.81. The van der Waals surface area contributed by atoms with Crippen LogP contribution in [0.5, 0.6) is 0 Å². The van der Waals surface area contributed by atoms with E-state index in [1.54, 1.807) is 0 Å². The van der Waals surface area contributed by atoms with Crippen molar-refractivity contribution in [1.82, 2.24) is 0 Å². The van der Waals surface area contributed by atoms with Crippen molar-refractivity contribution in [3.05, 3.63) is 0 Å². The van der Waals surface area contributed by atoms with Gasteiger partial charge in [-0.2, -0.15) is 13.2 Å². The maximum Gasteiger partial charge on any atom is 0.389 e. The smallest absolute Gasteiger partial charge is 0.171 e. The van der Waals surface area contributed by atoms with Gasteiger partial charge in [-0.25, -0.2) is 0 Å². The molecule has 0 atom stereocenters. The number of rotatable bonds is 6. The molecule has 0 aromatic heterocycles. The van der Waals surface area contributed by atoms with Crippen molar-refractivity contribution in [1.29, 1.82) is 0 Å². The Labute approximate surface area is 83.9 Å². The Kier molecular flexibility index (Phi) is 4.76. The van der Waals surface area contributed by atoms with E-state index >= 15 is 0 Å². The molecular formula is C11H19F3. The summed E-state index contributed by atoms with van der Waals surface area (Å²) in [4.78, 5) is 0. The minimum Gasteiger partial charge on any atom is -0.171 e. The van der Waals surface area contributed by atoms with Gasteiger partial charge in [0.2, 0.25) is 0 Å². The van der Waals surface area contributed by atoms with Gasteiger partial charge in [0.15, 0.2) is 0 Å². The van der Waals surface area contributed by atoms with E-state index in [9.17, 15) is 13.2 Å². The summed E-state index contributed by atoms with van der Waals surface area (Å²) in [5, 5.41) is 0. The first-order chi connectivity index (χ1) is 6.58. The van der Waals surface area contributed by atoms with Crippen LogP contribution in [0.4, 0.5) is 13.2 Å². The van der Waals surface area contributed by atoms with Crippen LogP contribution in [0.15, 0.2) is 0 Å². The molecule has 0 heterocycles. The van der Waals surface area contributed by atoms with Crippen LogP contribution in [0.3, 0.4) is 0 Å². The molecule has 0 amide bonds. The van der Waals surface area contributed by atoms with Crippen molar-refractivity contribution in [3.63, 3.8) is 0 Å². The maximum atomic E-state index is 11.8. The molecular weight excluding hydrogens is 189 g/mol. The largest absolute Gasteiger partial charge is 0.389 e. The Morgan fingerprint density at radius 2 is 1.57 bits per heavy atom. The summed E-state index contributed by atoms with van der Waals surface area (Å²) in [5.74, 6) is 0.901. The normalized spacial score (nSPS) is 18.2. The predicted octanol–water partition coefficient (Wildman–Crippen LogP) is 4.69. The van der Waals surface area contributed by atoms with E-state index in [2.05, 4.69) is 0 Å². The average Bonchev–Trinajstić information content (AvgIpc) is 1.97. The fourth-order valence-corrected chi connectivity index (χ4v) is 1.89. The first-order valence-electron chi connectivity index (χ1n) is 5.65. The van der Waals surface area contributed by atoms with Crippen molar-refractivity contribution in [2.45, 2.75) is 64.0 Å². The Bertz CT molecular complexity index is 147. The van der Waals surface area contributed by atoms with Crippen molar-refractivity contribution >= 4 is 0 Å². The standard InChI is InChI=1S/C11H19F3/c12-11(13,14)9-4-2-1-3-6-10-7-5-8-10/h10H,1-9H2. The van der Waals surface area contributed by atoms with Crippen LogP contribution in [0.2, 0.25) is 0 Å². The van der Waals surface area contributed by atoms with Crippen LogP contribution in [-0.2, 0) is 0 Å². The first-order valence-corrected chi connectivity index (χ1v) is 5.65. The number of hydrogen-bond donors (Lipinski definition) is 0. The topological polar surface area (TPSA) is 0 Å². The summed E-state index contributed by atoms with van der Waals surface area (Å²) in [6.45, 7) is 0. The first kappa shape index (κ1) is 11.9. The minimum absolute atomic E-state index is 0.314. The third kappa shape index (κ3) is 5.51. The van der Waals surface area contributed by atoms with Gasteiger partial charge in [-0.3, -0.25) is 0 Å². The van der Waals surface area contributed by atoms with E-state index in [1.807, 2.05) is 0 Å². The minimum atomic E-state index is -3.95. The zero-order chi connectivity index (χ0) is 10.4. The molecule has 0 aliphatic heterocycles. The lowest BCUT2D eigenvalue weighted by Gasteiger charge is -2.24. The van der Waals surface area contributed by atoms with Crippen LogP contribution in [0, 0.1) is 5.92 Å². The van der Waals surface area contributed by atoms with Crippen LogP contribution in [-0.4, -0.2) is 6.18 Å². The van der Waals surface area contributed by atoms with Gasteiger partial charge in [0, 0.05) is 6.42 Å². The number of unbranched alkanes of at least 4 members (excludes halogenated alkanes) is 3. The molecule has 1 aliphatic carbocycles. The highest BCUT2D eigenvalue weighted by atomic mass is 19.4. The lowest BCUT2D eigenvalue weighted by Crippen LogP contribution is -2.10. The van der Waals surface area contributed by atoms with E-state index in [0.29, 0.717) is 6.42 Å².